The van der Waals surface area contributed by atoms with Gasteiger partial charge in [-0.25, -0.2) is 0 Å². The third-order valence-corrected chi connectivity index (χ3v) is 3.44. The first-order valence-electron chi connectivity index (χ1n) is 7.51. The molecule has 1 saturated heterocycles. The molecule has 118 valence electrons. The second-order valence-electron chi connectivity index (χ2n) is 7.46. The maximum absolute atomic E-state index is 11.9. The lowest BCUT2D eigenvalue weighted by Crippen LogP contribution is -2.61. The normalized spacial score (nSPS) is 21.7. The molecule has 1 aliphatic rings. The van der Waals surface area contributed by atoms with Gasteiger partial charge >= 0.3 is 0 Å². The molecule has 0 aromatic carbocycles. The Hall–Kier alpha value is -1.54. The van der Waals surface area contributed by atoms with Crippen molar-refractivity contribution in [1.29, 1.82) is 5.26 Å². The van der Waals surface area contributed by atoms with Gasteiger partial charge in [0, 0.05) is 29.4 Å². The van der Waals surface area contributed by atoms with Gasteiger partial charge < -0.3 is 16.0 Å². The largest absolute Gasteiger partial charge is 0.387 e. The van der Waals surface area contributed by atoms with Crippen molar-refractivity contribution < 1.29 is 4.79 Å². The standard InChI is InChI=1S/C16H28N4O/c1-11(2)19-14(21)12(9-17)10-18-13-7-15(3,4)20-16(5,6)8-13/h10-11,13,18,20H,7-8H2,1-6H3,(H,19,21)/b12-10-. The first-order valence-corrected chi connectivity index (χ1v) is 7.51. The average Bonchev–Trinajstić information content (AvgIpc) is 2.24. The molecule has 1 heterocycles. The second kappa shape index (κ2) is 6.48. The first kappa shape index (κ1) is 17.5. The zero-order valence-corrected chi connectivity index (χ0v) is 14.0. The molecule has 0 aromatic heterocycles. The molecule has 0 aromatic rings. The maximum Gasteiger partial charge on any atom is 0.263 e. The van der Waals surface area contributed by atoms with E-state index in [4.69, 9.17) is 5.26 Å². The molecular weight excluding hydrogens is 264 g/mol. The van der Waals surface area contributed by atoms with Gasteiger partial charge in [0.1, 0.15) is 11.6 Å². The molecule has 0 aliphatic carbocycles. The van der Waals surface area contributed by atoms with Crippen LogP contribution in [0.15, 0.2) is 11.8 Å². The summed E-state index contributed by atoms with van der Waals surface area (Å²) in [6, 6.07) is 2.22. The summed E-state index contributed by atoms with van der Waals surface area (Å²) >= 11 is 0. The summed E-state index contributed by atoms with van der Waals surface area (Å²) in [7, 11) is 0. The zero-order valence-electron chi connectivity index (χ0n) is 14.0. The number of nitrogens with one attached hydrogen (secondary N) is 3. The lowest BCUT2D eigenvalue weighted by molar-refractivity contribution is -0.117. The Kier molecular flexibility index (Phi) is 5.41. The summed E-state index contributed by atoms with van der Waals surface area (Å²) < 4.78 is 0. The fourth-order valence-electron chi connectivity index (χ4n) is 3.13. The van der Waals surface area contributed by atoms with E-state index in [1.807, 2.05) is 19.9 Å². The van der Waals surface area contributed by atoms with Crippen LogP contribution in [0, 0.1) is 11.3 Å². The number of piperidine rings is 1. The Balaban J connectivity index is 2.73. The number of rotatable bonds is 4. The number of carbonyl (C=O) groups is 1. The van der Waals surface area contributed by atoms with Crippen LogP contribution in [0.1, 0.15) is 54.4 Å². The fraction of sp³-hybridized carbons (Fsp3) is 0.750. The van der Waals surface area contributed by atoms with Crippen molar-refractivity contribution in [2.75, 3.05) is 0 Å². The van der Waals surface area contributed by atoms with Gasteiger partial charge in [0.25, 0.3) is 5.91 Å². The van der Waals surface area contributed by atoms with E-state index in [9.17, 15) is 4.79 Å². The Bertz CT molecular complexity index is 441. The molecule has 1 fully saturated rings. The lowest BCUT2D eigenvalue weighted by atomic mass is 9.80. The third-order valence-electron chi connectivity index (χ3n) is 3.44. The molecule has 3 N–H and O–H groups in total. The topological polar surface area (TPSA) is 77.0 Å². The summed E-state index contributed by atoms with van der Waals surface area (Å²) in [5, 5.41) is 18.7. The van der Waals surface area contributed by atoms with Crippen LogP contribution in [0.2, 0.25) is 0 Å². The Morgan fingerprint density at radius 1 is 1.29 bits per heavy atom. The number of nitrogens with zero attached hydrogens (tertiary/aromatic N) is 1. The van der Waals surface area contributed by atoms with E-state index in [0.717, 1.165) is 12.8 Å². The highest BCUT2D eigenvalue weighted by Gasteiger charge is 2.37. The van der Waals surface area contributed by atoms with Crippen molar-refractivity contribution in [3.05, 3.63) is 11.8 Å². The summed E-state index contributed by atoms with van der Waals surface area (Å²) in [4.78, 5) is 11.9. The van der Waals surface area contributed by atoms with Gasteiger partial charge in [0.05, 0.1) is 0 Å². The van der Waals surface area contributed by atoms with E-state index >= 15 is 0 Å². The molecule has 21 heavy (non-hydrogen) atoms. The summed E-state index contributed by atoms with van der Waals surface area (Å²) in [6.45, 7) is 12.4. The molecule has 0 radical (unpaired) electrons. The van der Waals surface area contributed by atoms with Crippen LogP contribution in [-0.2, 0) is 4.79 Å². The van der Waals surface area contributed by atoms with Gasteiger partial charge in [-0.1, -0.05) is 0 Å². The minimum Gasteiger partial charge on any atom is -0.387 e. The van der Waals surface area contributed by atoms with Crippen LogP contribution in [-0.4, -0.2) is 29.1 Å². The highest BCUT2D eigenvalue weighted by molar-refractivity contribution is 5.97. The van der Waals surface area contributed by atoms with Crippen LogP contribution in [0.25, 0.3) is 0 Å². The van der Waals surface area contributed by atoms with Gasteiger partial charge in [-0.2, -0.15) is 5.26 Å². The Morgan fingerprint density at radius 2 is 1.81 bits per heavy atom. The van der Waals surface area contributed by atoms with Crippen molar-refractivity contribution in [3.63, 3.8) is 0 Å². The van der Waals surface area contributed by atoms with Crippen molar-refractivity contribution in [3.8, 4) is 6.07 Å². The quantitative estimate of drug-likeness (QED) is 0.545. The van der Waals surface area contributed by atoms with Crippen molar-refractivity contribution >= 4 is 5.91 Å². The smallest absolute Gasteiger partial charge is 0.263 e. The molecule has 0 saturated carbocycles. The molecule has 0 atom stereocenters. The number of carbonyl (C=O) groups excluding carboxylic acids is 1. The summed E-state index contributed by atoms with van der Waals surface area (Å²) in [6.07, 6.45) is 3.44. The monoisotopic (exact) mass is 292 g/mol. The molecule has 1 aliphatic heterocycles. The highest BCUT2D eigenvalue weighted by atomic mass is 16.1. The molecule has 1 rings (SSSR count). The van der Waals surface area contributed by atoms with Crippen molar-refractivity contribution in [1.82, 2.24) is 16.0 Å². The molecule has 1 amide bonds. The predicted molar refractivity (Wildman–Crippen MR) is 84.4 cm³/mol. The van der Waals surface area contributed by atoms with E-state index in [0.29, 0.717) is 0 Å². The molecule has 0 spiro atoms. The number of nitriles is 1. The molecular formula is C16H28N4O. The van der Waals surface area contributed by atoms with Gasteiger partial charge in [0.15, 0.2) is 0 Å². The van der Waals surface area contributed by atoms with Crippen molar-refractivity contribution in [2.45, 2.75) is 77.5 Å². The summed E-state index contributed by atoms with van der Waals surface area (Å²) in [5.41, 5.74) is 0.179. The minimum absolute atomic E-state index is 0.0194. The third kappa shape index (κ3) is 5.76. The van der Waals surface area contributed by atoms with E-state index < -0.39 is 0 Å². The zero-order chi connectivity index (χ0) is 16.3. The van der Waals surface area contributed by atoms with Gasteiger partial charge in [-0.3, -0.25) is 4.79 Å². The second-order valence-corrected chi connectivity index (χ2v) is 7.46. The first-order chi connectivity index (χ1) is 9.54. The van der Waals surface area contributed by atoms with E-state index in [-0.39, 0.29) is 34.6 Å². The fourth-order valence-corrected chi connectivity index (χ4v) is 3.13. The van der Waals surface area contributed by atoms with Crippen LogP contribution in [0.5, 0.6) is 0 Å². The number of hydrogen-bond donors (Lipinski definition) is 3. The van der Waals surface area contributed by atoms with Crippen LogP contribution >= 0.6 is 0 Å². The number of amides is 1. The van der Waals surface area contributed by atoms with Gasteiger partial charge in [0.2, 0.25) is 0 Å². The van der Waals surface area contributed by atoms with Crippen LogP contribution in [0.4, 0.5) is 0 Å². The molecule has 5 nitrogen and oxygen atoms in total. The molecule has 0 unspecified atom stereocenters. The SMILES string of the molecule is CC(C)NC(=O)/C(C#N)=C\NC1CC(C)(C)NC(C)(C)C1. The highest BCUT2D eigenvalue weighted by Crippen LogP contribution is 2.28. The lowest BCUT2D eigenvalue weighted by Gasteiger charge is -2.46. The molecule has 5 heteroatoms. The predicted octanol–water partition coefficient (Wildman–Crippen LogP) is 1.82. The van der Waals surface area contributed by atoms with Gasteiger partial charge in [-0.15, -0.1) is 0 Å². The van der Waals surface area contributed by atoms with Crippen LogP contribution in [0.3, 0.4) is 0 Å². The average molecular weight is 292 g/mol. The molecule has 0 bridgehead atoms. The van der Waals surface area contributed by atoms with Crippen LogP contribution < -0.4 is 16.0 Å². The van der Waals surface area contributed by atoms with E-state index in [2.05, 4.69) is 43.6 Å². The maximum atomic E-state index is 11.9. The minimum atomic E-state index is -0.326. The summed E-state index contributed by atoms with van der Waals surface area (Å²) in [5.74, 6) is -0.326. The van der Waals surface area contributed by atoms with Gasteiger partial charge in [-0.05, 0) is 54.4 Å². The van der Waals surface area contributed by atoms with E-state index in [1.165, 1.54) is 0 Å². The Labute approximate surface area is 128 Å². The number of hydrogen-bond acceptors (Lipinski definition) is 4. The van der Waals surface area contributed by atoms with E-state index in [1.54, 1.807) is 6.20 Å². The Morgan fingerprint density at radius 3 is 2.24 bits per heavy atom. The van der Waals surface area contributed by atoms with Crippen molar-refractivity contribution in [2.24, 2.45) is 0 Å².